The van der Waals surface area contributed by atoms with E-state index in [2.05, 4.69) is 47.8 Å². The van der Waals surface area contributed by atoms with Crippen LogP contribution in [0.5, 0.6) is 5.75 Å². The van der Waals surface area contributed by atoms with Gasteiger partial charge in [0.25, 0.3) is 0 Å². The van der Waals surface area contributed by atoms with Gasteiger partial charge in [0, 0.05) is 37.3 Å². The van der Waals surface area contributed by atoms with Gasteiger partial charge in [-0.1, -0.05) is 66.2 Å². The number of carbonyl (C=O) groups is 1. The number of benzene rings is 3. The number of ether oxygens (including phenoxy) is 2. The van der Waals surface area contributed by atoms with E-state index in [1.807, 2.05) is 41.3 Å². The molecule has 5 heteroatoms. The molecule has 0 unspecified atom stereocenters. The molecule has 0 atom stereocenters. The zero-order valence-electron chi connectivity index (χ0n) is 19.3. The van der Waals surface area contributed by atoms with Crippen LogP contribution in [0.15, 0.2) is 84.4 Å². The first kappa shape index (κ1) is 22.1. The summed E-state index contributed by atoms with van der Waals surface area (Å²) in [7, 11) is 0. The summed E-state index contributed by atoms with van der Waals surface area (Å²) in [6.45, 7) is 3.18. The first-order chi connectivity index (χ1) is 16.8. The van der Waals surface area contributed by atoms with E-state index in [0.717, 1.165) is 42.8 Å². The molecule has 2 aliphatic heterocycles. The molecule has 34 heavy (non-hydrogen) atoms. The second-order valence-corrected chi connectivity index (χ2v) is 8.76. The molecule has 0 saturated carbocycles. The molecular weight excluding hydrogens is 424 g/mol. The van der Waals surface area contributed by atoms with E-state index in [4.69, 9.17) is 9.47 Å². The Bertz CT molecular complexity index is 1150. The summed E-state index contributed by atoms with van der Waals surface area (Å²) in [5.41, 5.74) is 7.33. The minimum absolute atomic E-state index is 0.229. The summed E-state index contributed by atoms with van der Waals surface area (Å²) in [5, 5.41) is 3.54. The van der Waals surface area contributed by atoms with Gasteiger partial charge in [0.1, 0.15) is 12.4 Å². The zero-order chi connectivity index (χ0) is 23.2. The third-order valence-corrected chi connectivity index (χ3v) is 6.51. The van der Waals surface area contributed by atoms with Gasteiger partial charge >= 0.3 is 6.09 Å². The van der Waals surface area contributed by atoms with Crippen molar-refractivity contribution >= 4 is 17.4 Å². The van der Waals surface area contributed by atoms with Crippen molar-refractivity contribution in [3.05, 3.63) is 101 Å². The number of amides is 1. The lowest BCUT2D eigenvalue weighted by atomic mass is 9.89. The van der Waals surface area contributed by atoms with Gasteiger partial charge in [-0.15, -0.1) is 0 Å². The monoisotopic (exact) mass is 454 g/mol. The normalized spacial score (nSPS) is 15.4. The molecule has 5 nitrogen and oxygen atoms in total. The van der Waals surface area contributed by atoms with Crippen LogP contribution in [-0.2, 0) is 17.9 Å². The summed E-state index contributed by atoms with van der Waals surface area (Å²) in [4.78, 5) is 14.4. The topological polar surface area (TPSA) is 50.8 Å². The fourth-order valence-corrected chi connectivity index (χ4v) is 4.64. The first-order valence-electron chi connectivity index (χ1n) is 12.0. The highest BCUT2D eigenvalue weighted by Gasteiger charge is 2.25. The number of piperidine rings is 1. The van der Waals surface area contributed by atoms with Gasteiger partial charge in [-0.3, -0.25) is 0 Å². The van der Waals surface area contributed by atoms with E-state index in [9.17, 15) is 4.79 Å². The molecule has 2 heterocycles. The summed E-state index contributed by atoms with van der Waals surface area (Å²) >= 11 is 0. The Morgan fingerprint density at radius 3 is 2.32 bits per heavy atom. The number of fused-ring (bicyclic) bond motifs is 1. The Balaban J connectivity index is 1.23. The average Bonchev–Trinajstić information content (AvgIpc) is 2.91. The molecule has 1 amide bonds. The fraction of sp³-hybridized carbons (Fsp3) is 0.276. The molecule has 3 aromatic carbocycles. The molecule has 0 radical (unpaired) electrons. The number of hydrogen-bond donors (Lipinski definition) is 1. The van der Waals surface area contributed by atoms with Crippen molar-refractivity contribution in [2.24, 2.45) is 0 Å². The van der Waals surface area contributed by atoms with Gasteiger partial charge in [-0.2, -0.15) is 0 Å². The van der Waals surface area contributed by atoms with E-state index in [1.165, 1.54) is 22.3 Å². The Morgan fingerprint density at radius 1 is 0.882 bits per heavy atom. The highest BCUT2D eigenvalue weighted by Crippen LogP contribution is 2.39. The lowest BCUT2D eigenvalue weighted by molar-refractivity contribution is 0.0935. The molecule has 2 aliphatic rings. The number of carbonyl (C=O) groups excluding carboxylic acids is 1. The van der Waals surface area contributed by atoms with Gasteiger partial charge in [-0.25, -0.2) is 4.79 Å². The minimum atomic E-state index is -0.229. The predicted molar refractivity (Wildman–Crippen MR) is 135 cm³/mol. The number of likely N-dealkylation sites (tertiary alicyclic amines) is 1. The predicted octanol–water partition coefficient (Wildman–Crippen LogP) is 6.27. The number of nitrogens with zero attached hydrogens (tertiary/aromatic N) is 1. The lowest BCUT2D eigenvalue weighted by Crippen LogP contribution is -2.37. The van der Waals surface area contributed by atoms with Gasteiger partial charge in [0.05, 0.1) is 6.61 Å². The third-order valence-electron chi connectivity index (χ3n) is 6.51. The lowest BCUT2D eigenvalue weighted by Gasteiger charge is -2.31. The maximum absolute atomic E-state index is 12.5. The Kier molecular flexibility index (Phi) is 6.80. The highest BCUT2D eigenvalue weighted by atomic mass is 16.6. The molecule has 0 aromatic heterocycles. The summed E-state index contributed by atoms with van der Waals surface area (Å²) in [6.07, 6.45) is 2.42. The third kappa shape index (κ3) is 5.25. The average molecular weight is 455 g/mol. The molecular formula is C29H30N2O3. The summed E-state index contributed by atoms with van der Waals surface area (Å²) < 4.78 is 11.5. The molecule has 0 aliphatic carbocycles. The molecule has 0 bridgehead atoms. The van der Waals surface area contributed by atoms with Crippen LogP contribution in [0.2, 0.25) is 0 Å². The van der Waals surface area contributed by atoms with Gasteiger partial charge in [0.15, 0.2) is 0 Å². The van der Waals surface area contributed by atoms with E-state index in [0.29, 0.717) is 26.3 Å². The Morgan fingerprint density at radius 2 is 1.59 bits per heavy atom. The van der Waals surface area contributed by atoms with Gasteiger partial charge in [-0.05, 0) is 47.7 Å². The highest BCUT2D eigenvalue weighted by molar-refractivity contribution is 5.77. The van der Waals surface area contributed by atoms with Crippen molar-refractivity contribution in [2.45, 2.75) is 32.4 Å². The van der Waals surface area contributed by atoms with Crippen LogP contribution < -0.4 is 10.1 Å². The number of rotatable bonds is 5. The SMILES string of the molecule is O=C(OCc1ccccc1)N1CCC(=C2CCOc3ccc(NCc4ccccc4)cc32)CC1. The van der Waals surface area contributed by atoms with Crippen molar-refractivity contribution in [3.63, 3.8) is 0 Å². The van der Waals surface area contributed by atoms with E-state index < -0.39 is 0 Å². The van der Waals surface area contributed by atoms with Crippen LogP contribution in [0.25, 0.3) is 5.57 Å². The van der Waals surface area contributed by atoms with E-state index >= 15 is 0 Å². The van der Waals surface area contributed by atoms with Crippen LogP contribution >= 0.6 is 0 Å². The Hall–Kier alpha value is -3.73. The van der Waals surface area contributed by atoms with Crippen molar-refractivity contribution in [3.8, 4) is 5.75 Å². The van der Waals surface area contributed by atoms with Crippen molar-refractivity contribution in [1.29, 1.82) is 0 Å². The molecule has 1 N–H and O–H groups in total. The van der Waals surface area contributed by atoms with Crippen LogP contribution in [-0.4, -0.2) is 30.7 Å². The second-order valence-electron chi connectivity index (χ2n) is 8.76. The Labute approximate surface area is 201 Å². The molecule has 5 rings (SSSR count). The van der Waals surface area contributed by atoms with E-state index in [1.54, 1.807) is 0 Å². The maximum Gasteiger partial charge on any atom is 0.410 e. The number of nitrogens with one attached hydrogen (secondary N) is 1. The van der Waals surface area contributed by atoms with Crippen molar-refractivity contribution < 1.29 is 14.3 Å². The molecule has 174 valence electrons. The van der Waals surface area contributed by atoms with Gasteiger partial charge < -0.3 is 19.7 Å². The number of hydrogen-bond acceptors (Lipinski definition) is 4. The minimum Gasteiger partial charge on any atom is -0.493 e. The zero-order valence-corrected chi connectivity index (χ0v) is 19.3. The van der Waals surface area contributed by atoms with Crippen LogP contribution in [0.1, 0.15) is 36.0 Å². The quantitative estimate of drug-likeness (QED) is 0.494. The van der Waals surface area contributed by atoms with Crippen LogP contribution in [0, 0.1) is 0 Å². The smallest absolute Gasteiger partial charge is 0.410 e. The van der Waals surface area contributed by atoms with Crippen molar-refractivity contribution in [1.82, 2.24) is 4.90 Å². The van der Waals surface area contributed by atoms with Crippen LogP contribution in [0.3, 0.4) is 0 Å². The second kappa shape index (κ2) is 10.5. The molecule has 1 fully saturated rings. The molecule has 3 aromatic rings. The van der Waals surface area contributed by atoms with Gasteiger partial charge in [0.2, 0.25) is 0 Å². The standard InChI is InChI=1S/C29H30N2O3/c32-29(34-21-23-9-5-2-6-10-23)31-16-13-24(14-17-31)26-15-18-33-28-12-11-25(19-27(26)28)30-20-22-7-3-1-4-8-22/h1-12,19,30H,13-18,20-21H2. The summed E-state index contributed by atoms with van der Waals surface area (Å²) in [6, 6.07) is 26.6. The number of anilines is 1. The molecule has 1 saturated heterocycles. The van der Waals surface area contributed by atoms with E-state index in [-0.39, 0.29) is 6.09 Å². The first-order valence-corrected chi connectivity index (χ1v) is 12.0. The fourth-order valence-electron chi connectivity index (χ4n) is 4.64. The largest absolute Gasteiger partial charge is 0.493 e. The maximum atomic E-state index is 12.5. The summed E-state index contributed by atoms with van der Waals surface area (Å²) in [5.74, 6) is 0.948. The molecule has 0 spiro atoms. The van der Waals surface area contributed by atoms with Crippen molar-refractivity contribution in [2.75, 3.05) is 25.0 Å². The van der Waals surface area contributed by atoms with Crippen LogP contribution in [0.4, 0.5) is 10.5 Å².